The van der Waals surface area contributed by atoms with Crippen molar-refractivity contribution in [2.24, 2.45) is 5.92 Å². The normalized spacial score (nSPS) is 18.2. The highest BCUT2D eigenvalue weighted by atomic mass is 35.5. The lowest BCUT2D eigenvalue weighted by atomic mass is 9.71. The van der Waals surface area contributed by atoms with Crippen molar-refractivity contribution in [2.75, 3.05) is 0 Å². The number of carbonyl (C=O) groups is 1. The largest absolute Gasteiger partial charge is 0.478 e. The van der Waals surface area contributed by atoms with Gasteiger partial charge >= 0.3 is 5.97 Å². The molecule has 2 aromatic rings. The summed E-state index contributed by atoms with van der Waals surface area (Å²) in [6.45, 7) is 1.82. The van der Waals surface area contributed by atoms with Crippen LogP contribution in [0.4, 0.5) is 4.39 Å². The van der Waals surface area contributed by atoms with E-state index in [4.69, 9.17) is 11.6 Å². The number of benzene rings is 2. The van der Waals surface area contributed by atoms with Gasteiger partial charge in [-0.25, -0.2) is 9.18 Å². The van der Waals surface area contributed by atoms with Gasteiger partial charge in [0.25, 0.3) is 0 Å². The Morgan fingerprint density at radius 1 is 1.21 bits per heavy atom. The van der Waals surface area contributed by atoms with Crippen LogP contribution in [0, 0.1) is 11.7 Å². The minimum absolute atomic E-state index is 0.0469. The number of aromatic carboxylic acids is 1. The van der Waals surface area contributed by atoms with E-state index >= 15 is 4.39 Å². The molecule has 2 aromatic carbocycles. The summed E-state index contributed by atoms with van der Waals surface area (Å²) in [5, 5.41) is 32.2. The Bertz CT molecular complexity index is 877. The Morgan fingerprint density at radius 3 is 2.38 bits per heavy atom. The number of carboxylic acids is 1. The van der Waals surface area contributed by atoms with Crippen LogP contribution in [0.3, 0.4) is 0 Å². The molecule has 156 valence electrons. The van der Waals surface area contributed by atoms with E-state index in [9.17, 15) is 20.1 Å². The maximum atomic E-state index is 15.2. The number of aliphatic hydroxyl groups is 2. The van der Waals surface area contributed by atoms with Crippen LogP contribution < -0.4 is 0 Å². The summed E-state index contributed by atoms with van der Waals surface area (Å²) in [4.78, 5) is 11.9. The van der Waals surface area contributed by atoms with Crippen molar-refractivity contribution in [3.8, 4) is 0 Å². The van der Waals surface area contributed by atoms with Gasteiger partial charge in [-0.3, -0.25) is 0 Å². The number of rotatable bonds is 6. The Labute approximate surface area is 175 Å². The van der Waals surface area contributed by atoms with Crippen LogP contribution >= 0.6 is 11.6 Å². The van der Waals surface area contributed by atoms with Crippen LogP contribution in [0.1, 0.15) is 78.6 Å². The third-order valence-corrected chi connectivity index (χ3v) is 6.39. The molecule has 0 aliphatic heterocycles. The summed E-state index contributed by atoms with van der Waals surface area (Å²) in [6.07, 6.45) is 3.64. The standard InChI is InChI=1S/C23H26ClFO4/c1-2-23(29,15-6-4-3-5-7-15)16-12-18(22(27)28)20(19(25)13-16)21(26)14-8-10-17(24)11-9-14/h8-13,15,21,26,29H,2-7H2,1H3,(H,27,28). The predicted octanol–water partition coefficient (Wildman–Crippen LogP) is 5.44. The highest BCUT2D eigenvalue weighted by Gasteiger charge is 2.39. The van der Waals surface area contributed by atoms with E-state index in [2.05, 4.69) is 0 Å². The molecule has 6 heteroatoms. The molecule has 2 unspecified atom stereocenters. The topological polar surface area (TPSA) is 77.8 Å². The quantitative estimate of drug-likeness (QED) is 0.581. The summed E-state index contributed by atoms with van der Waals surface area (Å²) in [7, 11) is 0. The lowest BCUT2D eigenvalue weighted by Gasteiger charge is -2.39. The summed E-state index contributed by atoms with van der Waals surface area (Å²) >= 11 is 5.86. The molecular formula is C23H26ClFO4. The van der Waals surface area contributed by atoms with Crippen molar-refractivity contribution in [3.05, 3.63) is 69.5 Å². The molecule has 3 N–H and O–H groups in total. The monoisotopic (exact) mass is 420 g/mol. The maximum absolute atomic E-state index is 15.2. The molecule has 1 aliphatic carbocycles. The number of hydrogen-bond donors (Lipinski definition) is 3. The number of halogens is 2. The molecule has 1 aliphatic rings. The minimum atomic E-state index is -1.46. The summed E-state index contributed by atoms with van der Waals surface area (Å²) in [6, 6.07) is 8.64. The molecule has 3 rings (SSSR count). The number of hydrogen-bond acceptors (Lipinski definition) is 3. The zero-order chi connectivity index (χ0) is 21.2. The van der Waals surface area contributed by atoms with Gasteiger partial charge in [0.1, 0.15) is 11.9 Å². The van der Waals surface area contributed by atoms with Crippen molar-refractivity contribution in [2.45, 2.75) is 57.2 Å². The predicted molar refractivity (Wildman–Crippen MR) is 110 cm³/mol. The van der Waals surface area contributed by atoms with Crippen LogP contribution in [-0.4, -0.2) is 21.3 Å². The fourth-order valence-electron chi connectivity index (χ4n) is 4.44. The highest BCUT2D eigenvalue weighted by Crippen LogP contribution is 2.43. The van der Waals surface area contributed by atoms with E-state index in [0.717, 1.165) is 32.1 Å². The van der Waals surface area contributed by atoms with Crippen molar-refractivity contribution in [1.29, 1.82) is 0 Å². The Morgan fingerprint density at radius 2 is 1.83 bits per heavy atom. The first-order valence-corrected chi connectivity index (χ1v) is 10.4. The fraction of sp³-hybridized carbons (Fsp3) is 0.435. The molecule has 0 radical (unpaired) electrons. The first-order valence-electron chi connectivity index (χ1n) is 10.0. The van der Waals surface area contributed by atoms with Gasteiger partial charge in [0.05, 0.1) is 11.2 Å². The molecule has 29 heavy (non-hydrogen) atoms. The van der Waals surface area contributed by atoms with E-state index in [1.54, 1.807) is 12.1 Å². The van der Waals surface area contributed by atoms with Gasteiger partial charge in [-0.1, -0.05) is 49.9 Å². The van der Waals surface area contributed by atoms with Gasteiger partial charge < -0.3 is 15.3 Å². The molecule has 2 atom stereocenters. The molecule has 0 heterocycles. The molecule has 0 amide bonds. The average molecular weight is 421 g/mol. The van der Waals surface area contributed by atoms with E-state index in [-0.39, 0.29) is 22.6 Å². The van der Waals surface area contributed by atoms with Gasteiger partial charge in [-0.05, 0) is 60.6 Å². The van der Waals surface area contributed by atoms with Crippen LogP contribution in [0.25, 0.3) is 0 Å². The first kappa shape index (κ1) is 21.8. The van der Waals surface area contributed by atoms with Crippen LogP contribution in [0.15, 0.2) is 36.4 Å². The molecule has 4 nitrogen and oxygen atoms in total. The zero-order valence-corrected chi connectivity index (χ0v) is 17.1. The lowest BCUT2D eigenvalue weighted by molar-refractivity contribution is -0.0425. The van der Waals surface area contributed by atoms with Crippen LogP contribution in [-0.2, 0) is 5.60 Å². The van der Waals surface area contributed by atoms with Crippen LogP contribution in [0.5, 0.6) is 0 Å². The number of carboxylic acid groups (broad SMARTS) is 1. The van der Waals surface area contributed by atoms with E-state index in [1.165, 1.54) is 24.3 Å². The van der Waals surface area contributed by atoms with Gasteiger partial charge in [0.2, 0.25) is 0 Å². The second-order valence-electron chi connectivity index (χ2n) is 7.79. The van der Waals surface area contributed by atoms with Gasteiger partial charge in [-0.2, -0.15) is 0 Å². The Balaban J connectivity index is 2.08. The third-order valence-electron chi connectivity index (χ3n) is 6.14. The van der Waals surface area contributed by atoms with E-state index in [0.29, 0.717) is 17.0 Å². The first-order chi connectivity index (χ1) is 13.8. The molecule has 1 fully saturated rings. The minimum Gasteiger partial charge on any atom is -0.478 e. The Kier molecular flexibility index (Phi) is 6.62. The smallest absolute Gasteiger partial charge is 0.336 e. The van der Waals surface area contributed by atoms with Crippen LogP contribution in [0.2, 0.25) is 5.02 Å². The van der Waals surface area contributed by atoms with E-state index < -0.39 is 23.5 Å². The average Bonchev–Trinajstić information content (AvgIpc) is 2.73. The van der Waals surface area contributed by atoms with Crippen molar-refractivity contribution in [3.63, 3.8) is 0 Å². The summed E-state index contributed by atoms with van der Waals surface area (Å²) < 4.78 is 15.2. The number of aliphatic hydroxyl groups excluding tert-OH is 1. The molecule has 0 bridgehead atoms. The van der Waals surface area contributed by atoms with Gasteiger partial charge in [0.15, 0.2) is 0 Å². The molecule has 0 aromatic heterocycles. The highest BCUT2D eigenvalue weighted by molar-refractivity contribution is 6.30. The van der Waals surface area contributed by atoms with Gasteiger partial charge in [0, 0.05) is 10.6 Å². The van der Waals surface area contributed by atoms with Gasteiger partial charge in [-0.15, -0.1) is 0 Å². The third kappa shape index (κ3) is 4.32. The fourth-order valence-corrected chi connectivity index (χ4v) is 4.57. The van der Waals surface area contributed by atoms with Crippen molar-refractivity contribution >= 4 is 17.6 Å². The molecule has 0 saturated heterocycles. The Hall–Kier alpha value is -1.95. The molecule has 0 spiro atoms. The van der Waals surface area contributed by atoms with E-state index in [1.807, 2.05) is 6.92 Å². The summed E-state index contributed by atoms with van der Waals surface area (Å²) in [5.41, 5.74) is -1.36. The van der Waals surface area contributed by atoms with Crippen molar-refractivity contribution in [1.82, 2.24) is 0 Å². The molecular weight excluding hydrogens is 395 g/mol. The maximum Gasteiger partial charge on any atom is 0.336 e. The zero-order valence-electron chi connectivity index (χ0n) is 16.4. The lowest BCUT2D eigenvalue weighted by Crippen LogP contribution is -2.36. The second-order valence-corrected chi connectivity index (χ2v) is 8.23. The molecule has 1 saturated carbocycles. The second kappa shape index (κ2) is 8.82. The summed E-state index contributed by atoms with van der Waals surface area (Å²) in [5.74, 6) is -2.24. The SMILES string of the molecule is CCC(O)(c1cc(F)c(C(O)c2ccc(Cl)cc2)c(C(=O)O)c1)C1CCCCC1. The van der Waals surface area contributed by atoms with Crippen molar-refractivity contribution < 1.29 is 24.5 Å².